The molecule has 6 heteroatoms. The SMILES string of the molecule is CC(C)CCNC(=NCc1ccccc1)NCc1nnc2n1CCC2. The van der Waals surface area contributed by atoms with Crippen molar-refractivity contribution in [3.63, 3.8) is 0 Å². The lowest BCUT2D eigenvalue weighted by atomic mass is 10.1. The van der Waals surface area contributed by atoms with Gasteiger partial charge >= 0.3 is 0 Å². The van der Waals surface area contributed by atoms with Crippen LogP contribution in [0.25, 0.3) is 0 Å². The van der Waals surface area contributed by atoms with Crippen molar-refractivity contribution >= 4 is 5.96 Å². The molecule has 1 aromatic heterocycles. The van der Waals surface area contributed by atoms with E-state index >= 15 is 0 Å². The van der Waals surface area contributed by atoms with E-state index in [2.05, 4.69) is 51.4 Å². The second kappa shape index (κ2) is 8.65. The molecule has 0 aliphatic carbocycles. The predicted octanol–water partition coefficient (Wildman–Crippen LogP) is 2.51. The third-order valence-electron chi connectivity index (χ3n) is 4.38. The predicted molar refractivity (Wildman–Crippen MR) is 100 cm³/mol. The quantitative estimate of drug-likeness (QED) is 0.600. The Hall–Kier alpha value is -2.37. The normalized spacial score (nSPS) is 14.0. The van der Waals surface area contributed by atoms with Crippen LogP contribution in [0.5, 0.6) is 0 Å². The number of aromatic nitrogens is 3. The number of guanidine groups is 1. The van der Waals surface area contributed by atoms with E-state index in [-0.39, 0.29) is 0 Å². The number of benzene rings is 1. The largest absolute Gasteiger partial charge is 0.356 e. The minimum absolute atomic E-state index is 0.648. The first-order chi connectivity index (χ1) is 12.2. The second-order valence-corrected chi connectivity index (χ2v) is 6.90. The Morgan fingerprint density at radius 3 is 2.84 bits per heavy atom. The van der Waals surface area contributed by atoms with Crippen molar-refractivity contribution in [3.8, 4) is 0 Å². The van der Waals surface area contributed by atoms with Gasteiger partial charge in [0.25, 0.3) is 0 Å². The zero-order valence-electron chi connectivity index (χ0n) is 15.2. The first-order valence-electron chi connectivity index (χ1n) is 9.19. The van der Waals surface area contributed by atoms with Crippen LogP contribution in [0.2, 0.25) is 0 Å². The molecule has 134 valence electrons. The first kappa shape index (κ1) is 17.5. The second-order valence-electron chi connectivity index (χ2n) is 6.90. The first-order valence-corrected chi connectivity index (χ1v) is 9.19. The summed E-state index contributed by atoms with van der Waals surface area (Å²) in [5.41, 5.74) is 1.20. The molecule has 1 aliphatic heterocycles. The Kier molecular flexibility index (Phi) is 6.04. The molecule has 2 N–H and O–H groups in total. The highest BCUT2D eigenvalue weighted by Gasteiger charge is 2.17. The van der Waals surface area contributed by atoms with E-state index in [0.717, 1.165) is 43.5 Å². The zero-order chi connectivity index (χ0) is 17.5. The minimum atomic E-state index is 0.648. The molecule has 6 nitrogen and oxygen atoms in total. The van der Waals surface area contributed by atoms with Crippen molar-refractivity contribution < 1.29 is 0 Å². The number of rotatable bonds is 7. The van der Waals surface area contributed by atoms with Gasteiger partial charge in [-0.05, 0) is 24.3 Å². The Labute approximate surface area is 149 Å². The molecular weight excluding hydrogens is 312 g/mol. The topological polar surface area (TPSA) is 67.1 Å². The van der Waals surface area contributed by atoms with Crippen LogP contribution in [-0.2, 0) is 26.1 Å². The van der Waals surface area contributed by atoms with Crippen LogP contribution in [0.3, 0.4) is 0 Å². The van der Waals surface area contributed by atoms with Crippen molar-refractivity contribution in [1.82, 2.24) is 25.4 Å². The van der Waals surface area contributed by atoms with Gasteiger partial charge in [-0.15, -0.1) is 10.2 Å². The third kappa shape index (κ3) is 5.05. The van der Waals surface area contributed by atoms with Crippen LogP contribution in [-0.4, -0.2) is 27.3 Å². The summed E-state index contributed by atoms with van der Waals surface area (Å²) in [6.45, 7) is 7.71. The lowest BCUT2D eigenvalue weighted by Crippen LogP contribution is -2.38. The summed E-state index contributed by atoms with van der Waals surface area (Å²) in [6, 6.07) is 10.3. The Bertz CT molecular complexity index is 689. The number of fused-ring (bicyclic) bond motifs is 1. The molecule has 2 aromatic rings. The number of nitrogens with zero attached hydrogens (tertiary/aromatic N) is 4. The van der Waals surface area contributed by atoms with Crippen molar-refractivity contribution in [2.75, 3.05) is 6.54 Å². The molecule has 2 heterocycles. The van der Waals surface area contributed by atoms with Gasteiger partial charge < -0.3 is 15.2 Å². The molecule has 0 bridgehead atoms. The number of nitrogens with one attached hydrogen (secondary N) is 2. The van der Waals surface area contributed by atoms with Gasteiger partial charge in [-0.2, -0.15) is 0 Å². The molecule has 0 radical (unpaired) electrons. The monoisotopic (exact) mass is 340 g/mol. The third-order valence-corrected chi connectivity index (χ3v) is 4.38. The van der Waals surface area contributed by atoms with Gasteiger partial charge in [-0.25, -0.2) is 4.99 Å². The molecule has 0 saturated carbocycles. The summed E-state index contributed by atoms with van der Waals surface area (Å²) in [4.78, 5) is 4.72. The number of hydrogen-bond acceptors (Lipinski definition) is 3. The Morgan fingerprint density at radius 1 is 1.20 bits per heavy atom. The van der Waals surface area contributed by atoms with Gasteiger partial charge in [0.2, 0.25) is 0 Å². The highest BCUT2D eigenvalue weighted by atomic mass is 15.3. The van der Waals surface area contributed by atoms with Crippen molar-refractivity contribution in [2.45, 2.75) is 52.7 Å². The molecule has 0 atom stereocenters. The summed E-state index contributed by atoms with van der Waals surface area (Å²) in [5.74, 6) is 3.60. The lowest BCUT2D eigenvalue weighted by Gasteiger charge is -2.13. The van der Waals surface area contributed by atoms with Crippen molar-refractivity contribution in [2.24, 2.45) is 10.9 Å². The van der Waals surface area contributed by atoms with Crippen LogP contribution >= 0.6 is 0 Å². The van der Waals surface area contributed by atoms with Gasteiger partial charge in [0.05, 0.1) is 13.1 Å². The minimum Gasteiger partial charge on any atom is -0.356 e. The molecule has 0 amide bonds. The van der Waals surface area contributed by atoms with Crippen molar-refractivity contribution in [1.29, 1.82) is 0 Å². The van der Waals surface area contributed by atoms with Gasteiger partial charge in [0.1, 0.15) is 5.82 Å². The fourth-order valence-corrected chi connectivity index (χ4v) is 2.91. The summed E-state index contributed by atoms with van der Waals surface area (Å²) in [5, 5.41) is 15.4. The van der Waals surface area contributed by atoms with E-state index in [4.69, 9.17) is 4.99 Å². The van der Waals surface area contributed by atoms with Crippen LogP contribution in [0.1, 0.15) is 43.9 Å². The van der Waals surface area contributed by atoms with Crippen LogP contribution in [0.4, 0.5) is 0 Å². The molecule has 0 unspecified atom stereocenters. The maximum Gasteiger partial charge on any atom is 0.191 e. The van der Waals surface area contributed by atoms with Gasteiger partial charge in [-0.1, -0.05) is 44.2 Å². The Balaban J connectivity index is 1.60. The van der Waals surface area contributed by atoms with E-state index in [1.807, 2.05) is 18.2 Å². The average molecular weight is 340 g/mol. The number of hydrogen-bond donors (Lipinski definition) is 2. The summed E-state index contributed by atoms with van der Waals surface area (Å²) in [7, 11) is 0. The maximum atomic E-state index is 4.72. The lowest BCUT2D eigenvalue weighted by molar-refractivity contribution is 0.571. The summed E-state index contributed by atoms with van der Waals surface area (Å²) < 4.78 is 2.22. The average Bonchev–Trinajstić information content (AvgIpc) is 3.21. The van der Waals surface area contributed by atoms with E-state index in [1.54, 1.807) is 0 Å². The Morgan fingerprint density at radius 2 is 2.04 bits per heavy atom. The van der Waals surface area contributed by atoms with Gasteiger partial charge in [-0.3, -0.25) is 0 Å². The zero-order valence-corrected chi connectivity index (χ0v) is 15.2. The van der Waals surface area contributed by atoms with E-state index in [1.165, 1.54) is 12.0 Å². The van der Waals surface area contributed by atoms with Crippen molar-refractivity contribution in [3.05, 3.63) is 47.5 Å². The molecule has 0 spiro atoms. The fraction of sp³-hybridized carbons (Fsp3) is 0.526. The fourth-order valence-electron chi connectivity index (χ4n) is 2.91. The number of aliphatic imine (C=N–C) groups is 1. The summed E-state index contributed by atoms with van der Waals surface area (Å²) in [6.07, 6.45) is 3.32. The highest BCUT2D eigenvalue weighted by Crippen LogP contribution is 2.13. The van der Waals surface area contributed by atoms with E-state index in [0.29, 0.717) is 19.0 Å². The smallest absolute Gasteiger partial charge is 0.191 e. The van der Waals surface area contributed by atoms with E-state index in [9.17, 15) is 0 Å². The molecular formula is C19H28N6. The molecule has 1 aliphatic rings. The molecule has 1 aromatic carbocycles. The van der Waals surface area contributed by atoms with E-state index < -0.39 is 0 Å². The molecule has 0 saturated heterocycles. The maximum absolute atomic E-state index is 4.72. The summed E-state index contributed by atoms with van der Waals surface area (Å²) >= 11 is 0. The molecule has 3 rings (SSSR count). The van der Waals surface area contributed by atoms with Crippen LogP contribution in [0.15, 0.2) is 35.3 Å². The number of aryl methyl sites for hydroxylation is 1. The molecule has 25 heavy (non-hydrogen) atoms. The molecule has 0 fully saturated rings. The highest BCUT2D eigenvalue weighted by molar-refractivity contribution is 5.79. The van der Waals surface area contributed by atoms with Gasteiger partial charge in [0.15, 0.2) is 11.8 Å². The van der Waals surface area contributed by atoms with Gasteiger partial charge in [0, 0.05) is 19.5 Å². The standard InChI is InChI=1S/C19H28N6/c1-15(2)10-11-20-19(21-13-16-7-4-3-5-8-16)22-14-18-24-23-17-9-6-12-25(17)18/h3-5,7-8,15H,6,9-14H2,1-2H3,(H2,20,21,22). The van der Waals surface area contributed by atoms with Crippen LogP contribution in [0, 0.1) is 5.92 Å². The van der Waals surface area contributed by atoms with Crippen LogP contribution < -0.4 is 10.6 Å².